The molecule has 4 rings (SSSR count). The Bertz CT molecular complexity index is 1620. The van der Waals surface area contributed by atoms with Gasteiger partial charge in [-0.3, -0.25) is 33.6 Å². The Morgan fingerprint density at radius 2 is 1.11 bits per heavy atom. The minimum atomic E-state index is -1.51. The molecule has 0 amide bonds. The van der Waals surface area contributed by atoms with Crippen LogP contribution in [0.25, 0.3) is 0 Å². The maximum atomic E-state index is 13.8. The Kier molecular flexibility index (Phi) is 9.37. The van der Waals surface area contributed by atoms with Gasteiger partial charge in [0.15, 0.2) is 18.0 Å². The molecule has 5 atom stereocenters. The molecule has 0 spiro atoms. The molecule has 238 valence electrons. The van der Waals surface area contributed by atoms with Crippen molar-refractivity contribution < 1.29 is 66.7 Å². The topological polar surface area (TPSA) is 184 Å². The highest BCUT2D eigenvalue weighted by molar-refractivity contribution is 6.30. The molecule has 0 N–H and O–H groups in total. The summed E-state index contributed by atoms with van der Waals surface area (Å²) in [5.74, 6) is -5.93. The lowest BCUT2D eigenvalue weighted by molar-refractivity contribution is -0.280. The molecule has 1 saturated heterocycles. The van der Waals surface area contributed by atoms with Gasteiger partial charge in [-0.05, 0) is 37.6 Å². The van der Waals surface area contributed by atoms with E-state index >= 15 is 0 Å². The van der Waals surface area contributed by atoms with Crippen molar-refractivity contribution in [3.8, 4) is 17.2 Å². The second-order valence-electron chi connectivity index (χ2n) is 10.4. The van der Waals surface area contributed by atoms with E-state index in [1.54, 1.807) is 6.92 Å². The highest BCUT2D eigenvalue weighted by atomic mass is 16.7. The summed E-state index contributed by atoms with van der Waals surface area (Å²) >= 11 is 0. The third-order valence-corrected chi connectivity index (χ3v) is 6.66. The molecule has 2 aromatic rings. The van der Waals surface area contributed by atoms with E-state index in [9.17, 15) is 33.6 Å². The van der Waals surface area contributed by atoms with Gasteiger partial charge < -0.3 is 33.2 Å². The molecule has 0 bridgehead atoms. The molecule has 1 heterocycles. The summed E-state index contributed by atoms with van der Waals surface area (Å²) in [5, 5.41) is 0. The first-order valence-corrected chi connectivity index (χ1v) is 13.7. The van der Waals surface area contributed by atoms with Crippen LogP contribution in [0.15, 0.2) is 24.3 Å². The van der Waals surface area contributed by atoms with E-state index in [1.165, 1.54) is 25.1 Å². The molecule has 0 saturated carbocycles. The summed E-state index contributed by atoms with van der Waals surface area (Å²) in [5.41, 5.74) is -0.211. The van der Waals surface area contributed by atoms with E-state index in [1.807, 2.05) is 0 Å². The Morgan fingerprint density at radius 1 is 0.622 bits per heavy atom. The molecular weight excluding hydrogens is 596 g/mol. The van der Waals surface area contributed by atoms with Crippen molar-refractivity contribution in [1.29, 1.82) is 0 Å². The van der Waals surface area contributed by atoms with Crippen LogP contribution in [0.1, 0.15) is 78.9 Å². The number of hydrogen-bond acceptors (Lipinski definition) is 14. The highest BCUT2D eigenvalue weighted by Gasteiger charge is 2.52. The highest BCUT2D eigenvalue weighted by Crippen LogP contribution is 2.41. The van der Waals surface area contributed by atoms with Gasteiger partial charge in [0.1, 0.15) is 17.2 Å². The first-order chi connectivity index (χ1) is 21.1. The van der Waals surface area contributed by atoms with Gasteiger partial charge in [-0.1, -0.05) is 0 Å². The molecule has 14 nitrogen and oxygen atoms in total. The zero-order valence-electron chi connectivity index (χ0n) is 25.4. The van der Waals surface area contributed by atoms with Crippen LogP contribution in [0.2, 0.25) is 0 Å². The van der Waals surface area contributed by atoms with Crippen LogP contribution in [0.5, 0.6) is 17.2 Å². The second-order valence-corrected chi connectivity index (χ2v) is 10.4. The lowest BCUT2D eigenvalue weighted by Gasteiger charge is -2.43. The molecule has 45 heavy (non-hydrogen) atoms. The quantitative estimate of drug-likeness (QED) is 0.212. The van der Waals surface area contributed by atoms with Gasteiger partial charge in [0, 0.05) is 51.8 Å². The summed E-state index contributed by atoms with van der Waals surface area (Å²) in [4.78, 5) is 87.4. The number of aryl methyl sites for hydroxylation is 1. The van der Waals surface area contributed by atoms with E-state index < -0.39 is 72.1 Å². The van der Waals surface area contributed by atoms with Crippen molar-refractivity contribution in [2.45, 2.75) is 79.2 Å². The number of esters is 5. The van der Waals surface area contributed by atoms with Gasteiger partial charge >= 0.3 is 29.8 Å². The Morgan fingerprint density at radius 3 is 1.64 bits per heavy atom. The predicted molar refractivity (Wildman–Crippen MR) is 149 cm³/mol. The number of carbonyl (C=O) groups is 7. The Balaban J connectivity index is 1.83. The monoisotopic (exact) mass is 626 g/mol. The van der Waals surface area contributed by atoms with Crippen LogP contribution >= 0.6 is 0 Å². The molecule has 0 radical (unpaired) electrons. The van der Waals surface area contributed by atoms with Crippen molar-refractivity contribution in [3.63, 3.8) is 0 Å². The molecule has 1 aliphatic carbocycles. The summed E-state index contributed by atoms with van der Waals surface area (Å²) in [6.07, 6.45) is -6.51. The standard InChI is InChI=1S/C31H30O14/c1-12-8-20-24(22(9-12)40-14(3)32)27(38)25-21(26(20)37)10-19(11-23(25)41-15(4)33)45-31-30(44-18(7)36)29(43-17(6)35)28(13(2)39-31)42-16(5)34/h8-11,13,28-31H,1-7H3/t13-,28-,29+,30+,31-/m0/s1. The largest absolute Gasteiger partial charge is 0.461 e. The lowest BCUT2D eigenvalue weighted by atomic mass is 9.82. The number of benzene rings is 2. The smallest absolute Gasteiger partial charge is 0.308 e. The number of hydrogen-bond donors (Lipinski definition) is 0. The predicted octanol–water partition coefficient (Wildman–Crippen LogP) is 2.54. The van der Waals surface area contributed by atoms with Crippen molar-refractivity contribution in [3.05, 3.63) is 52.1 Å². The number of rotatable bonds is 7. The Labute approximate surface area is 256 Å². The molecule has 1 fully saturated rings. The summed E-state index contributed by atoms with van der Waals surface area (Å²) < 4.78 is 38.5. The zero-order valence-corrected chi connectivity index (χ0v) is 25.4. The summed E-state index contributed by atoms with van der Waals surface area (Å²) in [6, 6.07) is 5.23. The number of carbonyl (C=O) groups excluding carboxylic acids is 7. The van der Waals surface area contributed by atoms with Gasteiger partial charge in [0.2, 0.25) is 18.2 Å². The normalized spacial score (nSPS) is 21.9. The molecule has 2 aliphatic rings. The molecule has 14 heteroatoms. The average Bonchev–Trinajstić information content (AvgIpc) is 2.89. The van der Waals surface area contributed by atoms with E-state index in [2.05, 4.69) is 0 Å². The average molecular weight is 627 g/mol. The van der Waals surface area contributed by atoms with Crippen LogP contribution in [0.3, 0.4) is 0 Å². The first-order valence-electron chi connectivity index (χ1n) is 13.7. The van der Waals surface area contributed by atoms with Crippen LogP contribution in [0, 0.1) is 6.92 Å². The van der Waals surface area contributed by atoms with Crippen molar-refractivity contribution in [2.75, 3.05) is 0 Å². The Hall–Kier alpha value is -5.11. The van der Waals surface area contributed by atoms with Gasteiger partial charge in [-0.15, -0.1) is 0 Å². The van der Waals surface area contributed by atoms with Crippen molar-refractivity contribution >= 4 is 41.4 Å². The molecule has 0 unspecified atom stereocenters. The second kappa shape index (κ2) is 12.9. The number of fused-ring (bicyclic) bond motifs is 2. The fourth-order valence-corrected chi connectivity index (χ4v) is 5.18. The van der Waals surface area contributed by atoms with Gasteiger partial charge in [0.25, 0.3) is 0 Å². The SMILES string of the molecule is CC(=O)Oc1cc(C)cc2c1C(=O)c1c(OC(C)=O)cc(O[C@@H]3O[C@@H](C)[C@H](OC(C)=O)[C@@H](OC(C)=O)[C@H]3OC(C)=O)cc1C2=O. The van der Waals surface area contributed by atoms with Crippen LogP contribution in [-0.2, 0) is 42.9 Å². The molecular formula is C31H30O14. The number of ether oxygens (including phenoxy) is 7. The van der Waals surface area contributed by atoms with Gasteiger partial charge in [0.05, 0.1) is 17.2 Å². The van der Waals surface area contributed by atoms with Crippen LogP contribution in [0.4, 0.5) is 0 Å². The van der Waals surface area contributed by atoms with Crippen LogP contribution in [-0.4, -0.2) is 72.1 Å². The van der Waals surface area contributed by atoms with E-state index in [4.69, 9.17) is 33.2 Å². The first kappa shape index (κ1) is 32.8. The zero-order chi connectivity index (χ0) is 33.3. The summed E-state index contributed by atoms with van der Waals surface area (Å²) in [6.45, 7) is 8.70. The number of ketones is 2. The van der Waals surface area contributed by atoms with Crippen molar-refractivity contribution in [2.24, 2.45) is 0 Å². The molecule has 1 aliphatic heterocycles. The molecule has 0 aromatic heterocycles. The van der Waals surface area contributed by atoms with E-state index in [-0.39, 0.29) is 39.5 Å². The summed E-state index contributed by atoms with van der Waals surface area (Å²) in [7, 11) is 0. The fraction of sp³-hybridized carbons (Fsp3) is 0.387. The maximum Gasteiger partial charge on any atom is 0.308 e. The third-order valence-electron chi connectivity index (χ3n) is 6.66. The third kappa shape index (κ3) is 7.01. The molecule has 2 aromatic carbocycles. The van der Waals surface area contributed by atoms with Crippen LogP contribution < -0.4 is 14.2 Å². The van der Waals surface area contributed by atoms with Gasteiger partial charge in [-0.25, -0.2) is 0 Å². The van der Waals surface area contributed by atoms with Crippen molar-refractivity contribution in [1.82, 2.24) is 0 Å². The maximum absolute atomic E-state index is 13.8. The minimum Gasteiger partial charge on any atom is -0.461 e. The fourth-order valence-electron chi connectivity index (χ4n) is 5.18. The lowest BCUT2D eigenvalue weighted by Crippen LogP contribution is -2.62. The van der Waals surface area contributed by atoms with Gasteiger partial charge in [-0.2, -0.15) is 0 Å². The van der Waals surface area contributed by atoms with E-state index in [0.717, 1.165) is 40.7 Å². The van der Waals surface area contributed by atoms with E-state index in [0.29, 0.717) is 5.56 Å². The minimum absolute atomic E-state index is 0.0610.